The minimum absolute atomic E-state index is 0.810. The van der Waals surface area contributed by atoms with E-state index in [1.54, 1.807) is 0 Å². The van der Waals surface area contributed by atoms with Crippen molar-refractivity contribution in [2.24, 2.45) is 5.92 Å². The third-order valence-electron chi connectivity index (χ3n) is 2.83. The average Bonchev–Trinajstić information content (AvgIpc) is 2.05. The highest BCUT2D eigenvalue weighted by molar-refractivity contribution is 4.72. The van der Waals surface area contributed by atoms with Crippen LogP contribution in [0.25, 0.3) is 0 Å². The molecule has 0 saturated carbocycles. The van der Waals surface area contributed by atoms with Crippen LogP contribution >= 0.6 is 0 Å². The van der Waals surface area contributed by atoms with E-state index in [1.807, 2.05) is 0 Å². The normalized spacial score (nSPS) is 23.0. The summed E-state index contributed by atoms with van der Waals surface area (Å²) in [6, 6.07) is 0.810. The monoisotopic (exact) mass is 169 g/mol. The molecule has 1 heteroatoms. The lowest BCUT2D eigenvalue weighted by Crippen LogP contribution is -2.38. The summed E-state index contributed by atoms with van der Waals surface area (Å²) >= 11 is 0. The van der Waals surface area contributed by atoms with Crippen molar-refractivity contribution in [2.45, 2.75) is 52.5 Å². The van der Waals surface area contributed by atoms with Gasteiger partial charge < -0.3 is 4.90 Å². The number of nitrogens with zero attached hydrogens (tertiary/aromatic N) is 1. The van der Waals surface area contributed by atoms with Gasteiger partial charge in [0.2, 0.25) is 0 Å². The van der Waals surface area contributed by atoms with E-state index in [4.69, 9.17) is 0 Å². The van der Waals surface area contributed by atoms with Gasteiger partial charge in [0.05, 0.1) is 0 Å². The summed E-state index contributed by atoms with van der Waals surface area (Å²) < 4.78 is 0. The first-order valence-electron chi connectivity index (χ1n) is 5.44. The summed E-state index contributed by atoms with van der Waals surface area (Å²) in [5.41, 5.74) is 0. The Hall–Kier alpha value is -0.0400. The Balaban J connectivity index is 2.24. The molecule has 1 nitrogen and oxygen atoms in total. The van der Waals surface area contributed by atoms with E-state index < -0.39 is 0 Å². The van der Waals surface area contributed by atoms with Crippen molar-refractivity contribution in [3.05, 3.63) is 0 Å². The third-order valence-corrected chi connectivity index (χ3v) is 2.83. The van der Waals surface area contributed by atoms with E-state index in [0.29, 0.717) is 0 Å². The molecule has 0 radical (unpaired) electrons. The zero-order valence-electron chi connectivity index (χ0n) is 8.84. The molecular formula is C11H23N. The number of hydrogen-bond donors (Lipinski definition) is 0. The number of piperidine rings is 1. The van der Waals surface area contributed by atoms with E-state index >= 15 is 0 Å². The van der Waals surface area contributed by atoms with Gasteiger partial charge in [0, 0.05) is 6.04 Å². The molecule has 0 aromatic heterocycles. The topological polar surface area (TPSA) is 3.24 Å². The highest BCUT2D eigenvalue weighted by Gasteiger charge is 2.16. The van der Waals surface area contributed by atoms with Gasteiger partial charge in [-0.05, 0) is 45.2 Å². The van der Waals surface area contributed by atoms with Crippen molar-refractivity contribution in [2.75, 3.05) is 13.1 Å². The quantitative estimate of drug-likeness (QED) is 0.628. The maximum Gasteiger partial charge on any atom is 0.00693 e. The van der Waals surface area contributed by atoms with Crippen molar-refractivity contribution in [3.8, 4) is 0 Å². The summed E-state index contributed by atoms with van der Waals surface area (Å²) in [4.78, 5) is 2.66. The molecule has 1 unspecified atom stereocenters. The molecule has 72 valence electrons. The second-order valence-corrected chi connectivity index (χ2v) is 4.58. The second-order valence-electron chi connectivity index (χ2n) is 4.58. The first-order valence-corrected chi connectivity index (χ1v) is 5.44. The molecule has 0 N–H and O–H groups in total. The Morgan fingerprint density at radius 1 is 1.00 bits per heavy atom. The van der Waals surface area contributed by atoms with Gasteiger partial charge in [-0.2, -0.15) is 0 Å². The molecule has 1 heterocycles. The van der Waals surface area contributed by atoms with Gasteiger partial charge in [0.25, 0.3) is 0 Å². The molecule has 1 aliphatic rings. The predicted octanol–water partition coefficient (Wildman–Crippen LogP) is 2.91. The lowest BCUT2D eigenvalue weighted by molar-refractivity contribution is 0.156. The number of likely N-dealkylation sites (tertiary alicyclic amines) is 1. The predicted molar refractivity (Wildman–Crippen MR) is 54.3 cm³/mol. The summed E-state index contributed by atoms with van der Waals surface area (Å²) in [6.07, 6.45) is 5.65. The fourth-order valence-electron chi connectivity index (χ4n) is 2.19. The van der Waals surface area contributed by atoms with Crippen molar-refractivity contribution in [1.29, 1.82) is 0 Å². The first kappa shape index (κ1) is 10.0. The van der Waals surface area contributed by atoms with Crippen molar-refractivity contribution in [3.63, 3.8) is 0 Å². The number of hydrogen-bond acceptors (Lipinski definition) is 1. The summed E-state index contributed by atoms with van der Waals surface area (Å²) in [6.45, 7) is 9.70. The van der Waals surface area contributed by atoms with Crippen LogP contribution < -0.4 is 0 Å². The van der Waals surface area contributed by atoms with Crippen LogP contribution in [0.5, 0.6) is 0 Å². The van der Waals surface area contributed by atoms with Gasteiger partial charge in [-0.15, -0.1) is 0 Å². The lowest BCUT2D eigenvalue weighted by Gasteiger charge is -2.33. The number of rotatable bonds is 3. The molecule has 1 saturated heterocycles. The van der Waals surface area contributed by atoms with Crippen LogP contribution in [0.15, 0.2) is 0 Å². The fraction of sp³-hybridized carbons (Fsp3) is 1.00. The summed E-state index contributed by atoms with van der Waals surface area (Å²) in [7, 11) is 0. The van der Waals surface area contributed by atoms with Gasteiger partial charge in [-0.25, -0.2) is 0 Å². The molecule has 0 amide bonds. The van der Waals surface area contributed by atoms with Crippen LogP contribution in [-0.4, -0.2) is 24.0 Å². The third kappa shape index (κ3) is 3.14. The van der Waals surface area contributed by atoms with Crippen molar-refractivity contribution < 1.29 is 0 Å². The van der Waals surface area contributed by atoms with Crippen LogP contribution in [0.4, 0.5) is 0 Å². The molecule has 0 aromatic rings. The largest absolute Gasteiger partial charge is 0.301 e. The first-order chi connectivity index (χ1) is 5.70. The minimum Gasteiger partial charge on any atom is -0.301 e. The average molecular weight is 169 g/mol. The van der Waals surface area contributed by atoms with Crippen LogP contribution in [0.1, 0.15) is 46.5 Å². The fourth-order valence-corrected chi connectivity index (χ4v) is 2.19. The Morgan fingerprint density at radius 3 is 2.08 bits per heavy atom. The molecular weight excluding hydrogens is 146 g/mol. The summed E-state index contributed by atoms with van der Waals surface area (Å²) in [5.74, 6) is 0.849. The molecule has 1 atom stereocenters. The molecule has 0 aromatic carbocycles. The van der Waals surface area contributed by atoms with Crippen LogP contribution in [0.2, 0.25) is 0 Å². The zero-order chi connectivity index (χ0) is 8.97. The minimum atomic E-state index is 0.810. The van der Waals surface area contributed by atoms with E-state index in [9.17, 15) is 0 Å². The van der Waals surface area contributed by atoms with Crippen LogP contribution in [0.3, 0.4) is 0 Å². The zero-order valence-corrected chi connectivity index (χ0v) is 8.84. The highest BCUT2D eigenvalue weighted by atomic mass is 15.1. The SMILES string of the molecule is CC(C)CC(C)N1CCCCC1. The summed E-state index contributed by atoms with van der Waals surface area (Å²) in [5, 5.41) is 0. The van der Waals surface area contributed by atoms with E-state index in [-0.39, 0.29) is 0 Å². The molecule has 12 heavy (non-hydrogen) atoms. The standard InChI is InChI=1S/C11H23N/c1-10(2)9-11(3)12-7-5-4-6-8-12/h10-11H,4-9H2,1-3H3. The Labute approximate surface area is 77.1 Å². The van der Waals surface area contributed by atoms with Gasteiger partial charge in [0.1, 0.15) is 0 Å². The van der Waals surface area contributed by atoms with E-state index in [0.717, 1.165) is 12.0 Å². The Bertz CT molecular complexity index is 114. The van der Waals surface area contributed by atoms with E-state index in [1.165, 1.54) is 38.8 Å². The molecule has 0 aliphatic carbocycles. The van der Waals surface area contributed by atoms with Gasteiger partial charge in [0.15, 0.2) is 0 Å². The van der Waals surface area contributed by atoms with Crippen LogP contribution in [-0.2, 0) is 0 Å². The smallest absolute Gasteiger partial charge is 0.00693 e. The van der Waals surface area contributed by atoms with Crippen molar-refractivity contribution in [1.82, 2.24) is 4.90 Å². The lowest BCUT2D eigenvalue weighted by atomic mass is 10.0. The molecule has 1 aliphatic heterocycles. The van der Waals surface area contributed by atoms with E-state index in [2.05, 4.69) is 25.7 Å². The van der Waals surface area contributed by atoms with Crippen molar-refractivity contribution >= 4 is 0 Å². The maximum atomic E-state index is 2.66. The molecule has 1 rings (SSSR count). The molecule has 1 fully saturated rings. The highest BCUT2D eigenvalue weighted by Crippen LogP contribution is 2.16. The Kier molecular flexibility index (Phi) is 4.07. The van der Waals surface area contributed by atoms with Gasteiger partial charge >= 0.3 is 0 Å². The second kappa shape index (κ2) is 4.86. The van der Waals surface area contributed by atoms with Gasteiger partial charge in [-0.3, -0.25) is 0 Å². The van der Waals surface area contributed by atoms with Crippen LogP contribution in [0, 0.1) is 5.92 Å². The van der Waals surface area contributed by atoms with Gasteiger partial charge in [-0.1, -0.05) is 20.3 Å². The molecule has 0 bridgehead atoms. The maximum absolute atomic E-state index is 2.66. The molecule has 0 spiro atoms. The Morgan fingerprint density at radius 2 is 1.58 bits per heavy atom.